The average Bonchev–Trinajstić information content (AvgIpc) is 2.36. The van der Waals surface area contributed by atoms with Crippen LogP contribution in [-0.4, -0.2) is 29.6 Å². The second-order valence-corrected chi connectivity index (χ2v) is 3.67. The Morgan fingerprint density at radius 2 is 2.00 bits per heavy atom. The summed E-state index contributed by atoms with van der Waals surface area (Å²) in [5.74, 6) is 0.679. The van der Waals surface area contributed by atoms with Gasteiger partial charge in [0.05, 0.1) is 6.04 Å². The summed E-state index contributed by atoms with van der Waals surface area (Å²) in [4.78, 5) is 23.9. The molecule has 0 saturated heterocycles. The Hall–Kier alpha value is -2.32. The Labute approximate surface area is 105 Å². The molecule has 1 aromatic rings. The van der Waals surface area contributed by atoms with Crippen LogP contribution in [0.5, 0.6) is 0 Å². The van der Waals surface area contributed by atoms with Crippen molar-refractivity contribution in [2.45, 2.75) is 12.5 Å². The lowest BCUT2D eigenvalue weighted by molar-refractivity contribution is -0.136. The van der Waals surface area contributed by atoms with E-state index in [-0.39, 0.29) is 6.42 Å². The molecule has 94 valence electrons. The minimum Gasteiger partial charge on any atom is -0.480 e. The van der Waals surface area contributed by atoms with E-state index >= 15 is 0 Å². The molecule has 1 amide bonds. The van der Waals surface area contributed by atoms with Gasteiger partial charge < -0.3 is 10.8 Å². The lowest BCUT2D eigenvalue weighted by Gasteiger charge is -2.23. The second kappa shape index (κ2) is 6.42. The molecule has 0 fully saturated rings. The molecule has 5 nitrogen and oxygen atoms in total. The summed E-state index contributed by atoms with van der Waals surface area (Å²) in [7, 11) is 0. The predicted molar refractivity (Wildman–Crippen MR) is 67.9 cm³/mol. The van der Waals surface area contributed by atoms with Crippen molar-refractivity contribution in [3.63, 3.8) is 0 Å². The number of carboxylic acids is 1. The molecule has 0 saturated carbocycles. The van der Waals surface area contributed by atoms with E-state index in [2.05, 4.69) is 5.92 Å². The number of para-hydroxylation sites is 1. The summed E-state index contributed by atoms with van der Waals surface area (Å²) in [6.07, 6.45) is 5.16. The Bertz CT molecular complexity index is 465. The first-order valence-electron chi connectivity index (χ1n) is 5.33. The summed E-state index contributed by atoms with van der Waals surface area (Å²) in [5.41, 5.74) is 6.10. The van der Waals surface area contributed by atoms with Crippen molar-refractivity contribution in [2.24, 2.45) is 5.73 Å². The highest BCUT2D eigenvalue weighted by atomic mass is 16.4. The van der Waals surface area contributed by atoms with Crippen molar-refractivity contribution in [3.05, 3.63) is 30.3 Å². The zero-order valence-corrected chi connectivity index (χ0v) is 9.74. The molecule has 1 rings (SSSR count). The fraction of sp³-hybridized carbons (Fsp3) is 0.231. The number of anilines is 1. The van der Waals surface area contributed by atoms with Crippen molar-refractivity contribution in [1.29, 1.82) is 0 Å². The van der Waals surface area contributed by atoms with Gasteiger partial charge >= 0.3 is 5.97 Å². The maximum Gasteiger partial charge on any atom is 0.323 e. The summed E-state index contributed by atoms with van der Waals surface area (Å²) in [6.45, 7) is -0.443. The molecule has 0 spiro atoms. The Kier molecular flexibility index (Phi) is 4.90. The van der Waals surface area contributed by atoms with Gasteiger partial charge in [0.15, 0.2) is 0 Å². The largest absolute Gasteiger partial charge is 0.480 e. The van der Waals surface area contributed by atoms with E-state index < -0.39 is 24.5 Å². The van der Waals surface area contributed by atoms with Crippen LogP contribution >= 0.6 is 0 Å². The maximum absolute atomic E-state index is 12.0. The summed E-state index contributed by atoms with van der Waals surface area (Å²) in [6, 6.07) is 7.59. The number of nitrogens with zero attached hydrogens (tertiary/aromatic N) is 1. The molecule has 0 aromatic heterocycles. The molecule has 18 heavy (non-hydrogen) atoms. The third-order valence-electron chi connectivity index (χ3n) is 2.28. The van der Waals surface area contributed by atoms with Crippen LogP contribution in [0.1, 0.15) is 6.42 Å². The minimum absolute atomic E-state index is 0.0712. The van der Waals surface area contributed by atoms with Gasteiger partial charge in [0.2, 0.25) is 5.91 Å². The van der Waals surface area contributed by atoms with E-state index in [0.717, 1.165) is 4.90 Å². The van der Waals surface area contributed by atoms with Crippen LogP contribution < -0.4 is 10.6 Å². The predicted octanol–water partition coefficient (Wildman–Crippen LogP) is 0.455. The topological polar surface area (TPSA) is 83.6 Å². The zero-order valence-electron chi connectivity index (χ0n) is 9.74. The molecule has 0 aliphatic heterocycles. The van der Waals surface area contributed by atoms with Gasteiger partial charge in [-0.2, -0.15) is 0 Å². The minimum atomic E-state index is -1.11. The van der Waals surface area contributed by atoms with Crippen molar-refractivity contribution in [2.75, 3.05) is 11.4 Å². The molecule has 5 heteroatoms. The van der Waals surface area contributed by atoms with Crippen molar-refractivity contribution < 1.29 is 14.7 Å². The van der Waals surface area contributed by atoms with E-state index in [0.29, 0.717) is 5.69 Å². The summed E-state index contributed by atoms with van der Waals surface area (Å²) >= 11 is 0. The first kappa shape index (κ1) is 13.7. The number of terminal acetylenes is 1. The molecule has 0 aliphatic rings. The highest BCUT2D eigenvalue weighted by molar-refractivity contribution is 6.00. The summed E-state index contributed by atoms with van der Waals surface area (Å²) < 4.78 is 0. The maximum atomic E-state index is 12.0. The van der Waals surface area contributed by atoms with Crippen LogP contribution in [0, 0.1) is 12.3 Å². The summed E-state index contributed by atoms with van der Waals surface area (Å²) in [5, 5.41) is 8.83. The number of benzene rings is 1. The number of carbonyl (C=O) groups excluding carboxylic acids is 1. The van der Waals surface area contributed by atoms with Crippen LogP contribution in [0.25, 0.3) is 0 Å². The Balaban J connectivity index is 2.96. The van der Waals surface area contributed by atoms with Crippen molar-refractivity contribution in [1.82, 2.24) is 0 Å². The van der Waals surface area contributed by atoms with Gasteiger partial charge in [-0.25, -0.2) is 0 Å². The fourth-order valence-corrected chi connectivity index (χ4v) is 1.45. The number of hydrogen-bond acceptors (Lipinski definition) is 3. The number of carbonyl (C=O) groups is 2. The highest BCUT2D eigenvalue weighted by Gasteiger charge is 2.23. The lowest BCUT2D eigenvalue weighted by atomic mass is 10.2. The number of hydrogen-bond donors (Lipinski definition) is 2. The highest BCUT2D eigenvalue weighted by Crippen LogP contribution is 2.14. The van der Waals surface area contributed by atoms with Gasteiger partial charge in [-0.05, 0) is 12.1 Å². The van der Waals surface area contributed by atoms with Gasteiger partial charge in [0, 0.05) is 12.1 Å². The Morgan fingerprint density at radius 1 is 1.39 bits per heavy atom. The first-order valence-corrected chi connectivity index (χ1v) is 5.33. The van der Waals surface area contributed by atoms with E-state index in [9.17, 15) is 9.59 Å². The molecule has 0 radical (unpaired) electrons. The molecule has 3 N–H and O–H groups in total. The molecule has 1 aromatic carbocycles. The van der Waals surface area contributed by atoms with Crippen LogP contribution in [0.3, 0.4) is 0 Å². The number of nitrogens with two attached hydrogens (primary N) is 1. The second-order valence-electron chi connectivity index (χ2n) is 3.67. The molecular formula is C13H14N2O3. The normalized spacial score (nSPS) is 11.3. The molecule has 1 atom stereocenters. The lowest BCUT2D eigenvalue weighted by Crippen LogP contribution is -2.46. The molecule has 1 unspecified atom stereocenters. The molecule has 0 aliphatic carbocycles. The van der Waals surface area contributed by atoms with E-state index in [1.807, 2.05) is 0 Å². The zero-order chi connectivity index (χ0) is 13.5. The SMILES string of the molecule is C#CCC(N)C(=O)N(CC(=O)O)c1ccccc1. The molecular weight excluding hydrogens is 232 g/mol. The van der Waals surface area contributed by atoms with Crippen LogP contribution in [0.15, 0.2) is 30.3 Å². The van der Waals surface area contributed by atoms with Gasteiger partial charge in [-0.3, -0.25) is 14.5 Å². The third kappa shape index (κ3) is 3.61. The monoisotopic (exact) mass is 246 g/mol. The number of aliphatic carboxylic acids is 1. The van der Waals surface area contributed by atoms with Crippen molar-refractivity contribution in [3.8, 4) is 12.3 Å². The number of rotatable bonds is 5. The molecule has 0 bridgehead atoms. The average molecular weight is 246 g/mol. The fourth-order valence-electron chi connectivity index (χ4n) is 1.45. The van der Waals surface area contributed by atoms with E-state index in [1.165, 1.54) is 0 Å². The van der Waals surface area contributed by atoms with Crippen molar-refractivity contribution >= 4 is 17.6 Å². The number of amides is 1. The van der Waals surface area contributed by atoms with Gasteiger partial charge in [-0.1, -0.05) is 18.2 Å². The van der Waals surface area contributed by atoms with Crippen LogP contribution in [0.4, 0.5) is 5.69 Å². The standard InChI is InChI=1S/C13H14N2O3/c1-2-6-11(14)13(18)15(9-12(16)17)10-7-4-3-5-8-10/h1,3-5,7-8,11H,6,9,14H2,(H,16,17). The van der Waals surface area contributed by atoms with E-state index in [4.69, 9.17) is 17.3 Å². The van der Waals surface area contributed by atoms with Gasteiger partial charge in [0.1, 0.15) is 6.54 Å². The van der Waals surface area contributed by atoms with Gasteiger partial charge in [0.25, 0.3) is 0 Å². The Morgan fingerprint density at radius 3 is 2.50 bits per heavy atom. The quantitative estimate of drug-likeness (QED) is 0.739. The first-order chi connectivity index (χ1) is 8.56. The van der Waals surface area contributed by atoms with E-state index in [1.54, 1.807) is 30.3 Å². The van der Waals surface area contributed by atoms with Crippen LogP contribution in [-0.2, 0) is 9.59 Å². The molecule has 0 heterocycles. The number of carboxylic acid groups (broad SMARTS) is 1. The van der Waals surface area contributed by atoms with Gasteiger partial charge in [-0.15, -0.1) is 12.3 Å². The van der Waals surface area contributed by atoms with Crippen LogP contribution in [0.2, 0.25) is 0 Å². The smallest absolute Gasteiger partial charge is 0.323 e. The third-order valence-corrected chi connectivity index (χ3v) is 2.28.